The van der Waals surface area contributed by atoms with Crippen LogP contribution >= 0.6 is 22.2 Å². The van der Waals surface area contributed by atoms with Crippen LogP contribution in [-0.4, -0.2) is 43.8 Å². The minimum atomic E-state index is -6.00. The molecule has 0 aromatic rings. The lowest BCUT2D eigenvalue weighted by atomic mass is 10.0. The number of hydrogen-bond acceptors (Lipinski definition) is 0. The second-order valence-corrected chi connectivity index (χ2v) is 7.91. The number of rotatable bonds is 6. The van der Waals surface area contributed by atoms with Crippen molar-refractivity contribution in [3.8, 4) is 0 Å². The van der Waals surface area contributed by atoms with Gasteiger partial charge in [0.05, 0.1) is 0 Å². The van der Waals surface area contributed by atoms with Gasteiger partial charge >= 0.3 is 11.8 Å². The van der Waals surface area contributed by atoms with Crippen molar-refractivity contribution < 1.29 is 39.5 Å². The number of hydrogen-bond donors (Lipinski definition) is 0. The molecular weight excluding hydrogens is 342 g/mol. The molecule has 0 aliphatic carbocycles. The molecule has 18 heavy (non-hydrogen) atoms. The van der Waals surface area contributed by atoms with Crippen molar-refractivity contribution in [1.82, 2.24) is 0 Å². The SMILES string of the molecule is FC(F)C(F)C(F)C(F)(F)C(F)(F)C(F)[SiH](Cl)Cl. The topological polar surface area (TPSA) is 0 Å². The minimum absolute atomic E-state index is 3.82. The molecule has 0 N–H and O–H groups in total. The lowest BCUT2D eigenvalue weighted by Crippen LogP contribution is -2.59. The molecule has 0 aromatic heterocycles. The van der Waals surface area contributed by atoms with E-state index in [0.717, 1.165) is 0 Å². The quantitative estimate of drug-likeness (QED) is 0.390. The molecule has 110 valence electrons. The van der Waals surface area contributed by atoms with Crippen LogP contribution in [0.15, 0.2) is 0 Å². The normalized spacial score (nSPS) is 19.2. The van der Waals surface area contributed by atoms with Gasteiger partial charge in [0, 0.05) is 0 Å². The average Bonchev–Trinajstić information content (AvgIpc) is 2.24. The smallest absolute Gasteiger partial charge is 0.242 e. The number of halogens is 11. The van der Waals surface area contributed by atoms with Gasteiger partial charge in [-0.25, -0.2) is 22.0 Å². The Morgan fingerprint density at radius 1 is 0.778 bits per heavy atom. The Labute approximate surface area is 106 Å². The molecule has 0 nitrogen and oxygen atoms in total. The molecule has 0 saturated carbocycles. The highest BCUT2D eigenvalue weighted by Gasteiger charge is 2.70. The third kappa shape index (κ3) is 3.38. The van der Waals surface area contributed by atoms with E-state index >= 15 is 0 Å². The van der Waals surface area contributed by atoms with Gasteiger partial charge in [0.15, 0.2) is 12.0 Å². The van der Waals surface area contributed by atoms with Crippen molar-refractivity contribution in [3.63, 3.8) is 0 Å². The summed E-state index contributed by atoms with van der Waals surface area (Å²) in [4.78, 5) is 0. The zero-order chi connectivity index (χ0) is 14.9. The average molecular weight is 347 g/mol. The Hall–Kier alpha value is 0.167. The Kier molecular flexibility index (Phi) is 6.14. The third-order valence-corrected chi connectivity index (χ3v) is 4.07. The van der Waals surface area contributed by atoms with Gasteiger partial charge in [-0.05, 0) is 0 Å². The van der Waals surface area contributed by atoms with E-state index in [1.54, 1.807) is 0 Å². The van der Waals surface area contributed by atoms with E-state index in [2.05, 4.69) is 0 Å². The van der Waals surface area contributed by atoms with E-state index < -0.39 is 43.8 Å². The summed E-state index contributed by atoms with van der Waals surface area (Å²) in [5, 5.41) is 0. The zero-order valence-electron chi connectivity index (χ0n) is 8.04. The van der Waals surface area contributed by atoms with E-state index in [-0.39, 0.29) is 0 Å². The Bertz CT molecular complexity index is 274. The van der Waals surface area contributed by atoms with Gasteiger partial charge in [-0.2, -0.15) is 17.6 Å². The summed E-state index contributed by atoms with van der Waals surface area (Å²) < 4.78 is 112. The highest BCUT2D eigenvalue weighted by molar-refractivity contribution is 7.34. The fourth-order valence-electron chi connectivity index (χ4n) is 0.854. The van der Waals surface area contributed by atoms with Crippen molar-refractivity contribution in [2.75, 3.05) is 0 Å². The fraction of sp³-hybridized carbons (Fsp3) is 1.00. The highest BCUT2D eigenvalue weighted by Crippen LogP contribution is 2.45. The standard InChI is InChI=1S/C6H5Cl2F9Si/c7-18(8)4(13)6(16,17)5(14,15)2(10)1(9)3(11)12/h1-4,18H. The molecule has 0 fully saturated rings. The van der Waals surface area contributed by atoms with E-state index in [1.165, 1.54) is 0 Å². The van der Waals surface area contributed by atoms with Crippen LogP contribution in [0, 0.1) is 0 Å². The van der Waals surface area contributed by atoms with Gasteiger partial charge in [-0.1, -0.05) is 0 Å². The predicted molar refractivity (Wildman–Crippen MR) is 49.4 cm³/mol. The first kappa shape index (κ1) is 18.2. The van der Waals surface area contributed by atoms with Crippen LogP contribution in [0.5, 0.6) is 0 Å². The maximum atomic E-state index is 12.8. The van der Waals surface area contributed by atoms with Crippen LogP contribution in [0.25, 0.3) is 0 Å². The van der Waals surface area contributed by atoms with E-state index in [1.807, 2.05) is 0 Å². The Morgan fingerprint density at radius 2 is 1.17 bits per heavy atom. The molecule has 3 atom stereocenters. The van der Waals surface area contributed by atoms with Gasteiger partial charge in [-0.3, -0.25) is 0 Å². The molecule has 0 aliphatic rings. The summed E-state index contributed by atoms with van der Waals surface area (Å²) >= 11 is 9.43. The highest BCUT2D eigenvalue weighted by atomic mass is 35.7. The lowest BCUT2D eigenvalue weighted by Gasteiger charge is -2.32. The second kappa shape index (κ2) is 6.08. The van der Waals surface area contributed by atoms with Crippen LogP contribution in [0.3, 0.4) is 0 Å². The summed E-state index contributed by atoms with van der Waals surface area (Å²) in [5.74, 6) is -15.6. The molecule has 0 amide bonds. The first-order valence-electron chi connectivity index (χ1n) is 4.11. The minimum Gasteiger partial charge on any atom is -0.242 e. The molecule has 0 heterocycles. The van der Waals surface area contributed by atoms with Crippen molar-refractivity contribution >= 4 is 29.6 Å². The zero-order valence-corrected chi connectivity index (χ0v) is 10.7. The molecule has 12 heteroatoms. The molecule has 0 radical (unpaired) electrons. The molecule has 0 spiro atoms. The van der Waals surface area contributed by atoms with Gasteiger partial charge in [-0.15, -0.1) is 22.2 Å². The third-order valence-electron chi connectivity index (χ3n) is 1.88. The van der Waals surface area contributed by atoms with Crippen molar-refractivity contribution in [2.24, 2.45) is 0 Å². The van der Waals surface area contributed by atoms with Crippen molar-refractivity contribution in [3.05, 3.63) is 0 Å². The molecule has 0 rings (SSSR count). The number of alkyl halides is 9. The summed E-state index contributed by atoms with van der Waals surface area (Å²) in [7, 11) is -4.02. The van der Waals surface area contributed by atoms with Crippen LogP contribution in [0.1, 0.15) is 0 Å². The fourth-order valence-corrected chi connectivity index (χ4v) is 2.34. The van der Waals surface area contributed by atoms with E-state index in [0.29, 0.717) is 0 Å². The maximum absolute atomic E-state index is 12.8. The predicted octanol–water partition coefficient (Wildman–Crippen LogP) is 3.77. The molecular formula is C6H5Cl2F9Si. The molecule has 0 saturated heterocycles. The van der Waals surface area contributed by atoms with Crippen molar-refractivity contribution in [2.45, 2.75) is 36.4 Å². The second-order valence-electron chi connectivity index (χ2n) is 3.16. The van der Waals surface area contributed by atoms with Crippen LogP contribution in [-0.2, 0) is 0 Å². The largest absolute Gasteiger partial charge is 0.346 e. The summed E-state index contributed by atoms with van der Waals surface area (Å²) in [6.45, 7) is 0. The van der Waals surface area contributed by atoms with Gasteiger partial charge < -0.3 is 0 Å². The van der Waals surface area contributed by atoms with Crippen molar-refractivity contribution in [1.29, 1.82) is 0 Å². The monoisotopic (exact) mass is 346 g/mol. The van der Waals surface area contributed by atoms with Crippen LogP contribution in [0.4, 0.5) is 39.5 Å². The van der Waals surface area contributed by atoms with Crippen LogP contribution in [0.2, 0.25) is 0 Å². The molecule has 3 unspecified atom stereocenters. The molecule has 0 aromatic carbocycles. The lowest BCUT2D eigenvalue weighted by molar-refractivity contribution is -0.266. The summed E-state index contributed by atoms with van der Waals surface area (Å²) in [5.41, 5.74) is 0. The first-order valence-corrected chi connectivity index (χ1v) is 8.27. The first-order chi connectivity index (χ1) is 7.87. The molecule has 0 bridgehead atoms. The van der Waals surface area contributed by atoms with Gasteiger partial charge in [0.2, 0.25) is 6.17 Å². The van der Waals surface area contributed by atoms with E-state index in [9.17, 15) is 39.5 Å². The Balaban J connectivity index is 5.23. The van der Waals surface area contributed by atoms with Crippen LogP contribution < -0.4 is 0 Å². The van der Waals surface area contributed by atoms with Gasteiger partial charge in [0.25, 0.3) is 13.8 Å². The van der Waals surface area contributed by atoms with E-state index in [4.69, 9.17) is 22.2 Å². The summed E-state index contributed by atoms with van der Waals surface area (Å²) in [6, 6.07) is 0. The summed E-state index contributed by atoms with van der Waals surface area (Å²) in [6.07, 6.45) is -13.0. The van der Waals surface area contributed by atoms with Gasteiger partial charge in [0.1, 0.15) is 0 Å². The molecule has 0 aliphatic heterocycles. The Morgan fingerprint density at radius 3 is 1.44 bits per heavy atom. The maximum Gasteiger partial charge on any atom is 0.346 e.